The molecular formula is C30H43BN4O4. The van der Waals surface area contributed by atoms with Gasteiger partial charge in [-0.2, -0.15) is 0 Å². The molecule has 3 aliphatic rings. The van der Waals surface area contributed by atoms with E-state index in [0.717, 1.165) is 50.1 Å². The lowest BCUT2D eigenvalue weighted by Crippen LogP contribution is -2.50. The summed E-state index contributed by atoms with van der Waals surface area (Å²) in [7, 11) is 1.17. The van der Waals surface area contributed by atoms with Gasteiger partial charge < -0.3 is 24.3 Å². The van der Waals surface area contributed by atoms with Gasteiger partial charge in [-0.1, -0.05) is 39.7 Å². The Morgan fingerprint density at radius 1 is 1.05 bits per heavy atom. The highest BCUT2D eigenvalue weighted by Crippen LogP contribution is 2.50. The van der Waals surface area contributed by atoms with Gasteiger partial charge in [-0.3, -0.25) is 4.79 Å². The Kier molecular flexibility index (Phi) is 7.44. The van der Waals surface area contributed by atoms with E-state index in [-0.39, 0.29) is 22.5 Å². The Morgan fingerprint density at radius 3 is 2.28 bits per heavy atom. The Balaban J connectivity index is 1.19. The van der Waals surface area contributed by atoms with Crippen LogP contribution < -0.4 is 20.4 Å². The van der Waals surface area contributed by atoms with Crippen molar-refractivity contribution in [3.05, 3.63) is 36.7 Å². The van der Waals surface area contributed by atoms with Crippen LogP contribution in [0, 0.1) is 23.2 Å². The Bertz CT molecular complexity index is 1160. The molecule has 39 heavy (non-hydrogen) atoms. The lowest BCUT2D eigenvalue weighted by atomic mass is 9.74. The molecule has 1 amide bonds. The SMILES string of the molecule is CCC(CC)C1(C)OB(c2ccc(N3C[C@@H]4CC(C)(C(=O)Nc5ccc(OC)nc5)C[C@@H]4C3)nc2)OC1(C)C. The average molecular weight is 535 g/mol. The van der Waals surface area contributed by atoms with E-state index >= 15 is 0 Å². The lowest BCUT2D eigenvalue weighted by molar-refractivity contribution is -0.124. The zero-order valence-corrected chi connectivity index (χ0v) is 24.5. The number of carbonyl (C=O) groups excluding carboxylic acids is 1. The van der Waals surface area contributed by atoms with E-state index in [9.17, 15) is 4.79 Å². The number of nitrogens with zero attached hydrogens (tertiary/aromatic N) is 3. The number of pyridine rings is 2. The standard InChI is InChI=1S/C30H43BN4O4/c1-8-22(9-2)30(6)28(3,4)38-31(39-30)23-10-12-25(32-16-23)35-18-20-14-29(5,15-21(20)19-35)27(36)34-24-11-13-26(37-7)33-17-24/h10-13,16-17,20-22H,8-9,14-15,18-19H2,1-7H3,(H,34,36)/t20-,21+,29?,30?. The van der Waals surface area contributed by atoms with Gasteiger partial charge in [0.1, 0.15) is 5.82 Å². The van der Waals surface area contributed by atoms with Gasteiger partial charge >= 0.3 is 7.12 Å². The topological polar surface area (TPSA) is 85.8 Å². The number of anilines is 2. The van der Waals surface area contributed by atoms with Crippen LogP contribution in [0.15, 0.2) is 36.7 Å². The van der Waals surface area contributed by atoms with Crippen LogP contribution in [0.3, 0.4) is 0 Å². The quantitative estimate of drug-likeness (QED) is 0.492. The molecule has 1 N–H and O–H groups in total. The largest absolute Gasteiger partial charge is 0.496 e. The predicted molar refractivity (Wildman–Crippen MR) is 154 cm³/mol. The van der Waals surface area contributed by atoms with Crippen molar-refractivity contribution in [1.29, 1.82) is 0 Å². The van der Waals surface area contributed by atoms with Crippen molar-refractivity contribution in [1.82, 2.24) is 9.97 Å². The first-order chi connectivity index (χ1) is 18.5. The first kappa shape index (κ1) is 27.9. The highest BCUT2D eigenvalue weighted by Gasteiger charge is 2.57. The number of hydrogen-bond acceptors (Lipinski definition) is 7. The van der Waals surface area contributed by atoms with Crippen molar-refractivity contribution in [3.8, 4) is 5.88 Å². The molecule has 0 radical (unpaired) electrons. The Labute approximate surface area is 233 Å². The maximum atomic E-state index is 13.2. The van der Waals surface area contributed by atoms with Crippen molar-refractivity contribution in [2.45, 2.75) is 78.4 Å². The minimum atomic E-state index is -0.412. The second-order valence-corrected chi connectivity index (χ2v) is 12.6. The second kappa shape index (κ2) is 10.4. The van der Waals surface area contributed by atoms with Gasteiger partial charge in [-0.05, 0) is 63.5 Å². The van der Waals surface area contributed by atoms with Crippen molar-refractivity contribution in [3.63, 3.8) is 0 Å². The zero-order chi connectivity index (χ0) is 28.0. The van der Waals surface area contributed by atoms with E-state index in [0.29, 0.717) is 29.3 Å². The van der Waals surface area contributed by atoms with E-state index in [1.165, 1.54) is 0 Å². The molecule has 0 bridgehead atoms. The van der Waals surface area contributed by atoms with Gasteiger partial charge in [-0.15, -0.1) is 0 Å². The van der Waals surface area contributed by atoms with E-state index in [1.54, 1.807) is 19.4 Å². The summed E-state index contributed by atoms with van der Waals surface area (Å²) in [5, 5.41) is 3.06. The third-order valence-electron chi connectivity index (χ3n) is 9.83. The molecule has 4 atom stereocenters. The summed E-state index contributed by atoms with van der Waals surface area (Å²) in [6.45, 7) is 14.8. The second-order valence-electron chi connectivity index (χ2n) is 12.6. The van der Waals surface area contributed by atoms with Crippen molar-refractivity contribution >= 4 is 30.0 Å². The normalized spacial score (nSPS) is 29.6. The van der Waals surface area contributed by atoms with Crippen molar-refractivity contribution in [2.75, 3.05) is 30.4 Å². The summed E-state index contributed by atoms with van der Waals surface area (Å²) in [5.41, 5.74) is 0.531. The van der Waals surface area contributed by atoms with Gasteiger partial charge in [0.2, 0.25) is 11.8 Å². The zero-order valence-electron chi connectivity index (χ0n) is 24.5. The molecule has 1 aliphatic carbocycles. The number of amides is 1. The molecular weight excluding hydrogens is 491 g/mol. The maximum Gasteiger partial charge on any atom is 0.496 e. The van der Waals surface area contributed by atoms with Crippen molar-refractivity contribution in [2.24, 2.45) is 23.2 Å². The van der Waals surface area contributed by atoms with Gasteiger partial charge in [0.05, 0.1) is 30.2 Å². The lowest BCUT2D eigenvalue weighted by Gasteiger charge is -2.42. The molecule has 3 fully saturated rings. The van der Waals surface area contributed by atoms with Crippen LogP contribution in [0.4, 0.5) is 11.5 Å². The molecule has 8 nitrogen and oxygen atoms in total. The predicted octanol–water partition coefficient (Wildman–Crippen LogP) is 4.69. The molecule has 2 unspecified atom stereocenters. The number of nitrogens with one attached hydrogen (secondary N) is 1. The fourth-order valence-electron chi connectivity index (χ4n) is 7.16. The van der Waals surface area contributed by atoms with Crippen LogP contribution in [-0.4, -0.2) is 54.4 Å². The van der Waals surface area contributed by atoms with Gasteiger partial charge in [0.25, 0.3) is 0 Å². The summed E-state index contributed by atoms with van der Waals surface area (Å²) < 4.78 is 18.1. The van der Waals surface area contributed by atoms with Gasteiger partial charge in [0, 0.05) is 36.2 Å². The molecule has 2 aliphatic heterocycles. The smallest absolute Gasteiger partial charge is 0.481 e. The molecule has 2 saturated heterocycles. The van der Waals surface area contributed by atoms with Crippen LogP contribution in [0.5, 0.6) is 5.88 Å². The summed E-state index contributed by atoms with van der Waals surface area (Å²) in [6.07, 6.45) is 7.40. The number of carbonyl (C=O) groups is 1. The molecule has 2 aromatic heterocycles. The minimum absolute atomic E-state index is 0.0674. The van der Waals surface area contributed by atoms with Crippen LogP contribution in [-0.2, 0) is 14.1 Å². The highest BCUT2D eigenvalue weighted by molar-refractivity contribution is 6.62. The van der Waals surface area contributed by atoms with E-state index in [1.807, 2.05) is 12.3 Å². The van der Waals surface area contributed by atoms with E-state index in [2.05, 4.69) is 68.9 Å². The molecule has 0 aromatic carbocycles. The molecule has 5 rings (SSSR count). The average Bonchev–Trinajstić information content (AvgIpc) is 3.53. The summed E-state index contributed by atoms with van der Waals surface area (Å²) in [6, 6.07) is 7.77. The third-order valence-corrected chi connectivity index (χ3v) is 9.83. The fourth-order valence-corrected chi connectivity index (χ4v) is 7.16. The highest BCUT2D eigenvalue weighted by atomic mass is 16.7. The van der Waals surface area contributed by atoms with Crippen molar-refractivity contribution < 1.29 is 18.8 Å². The Morgan fingerprint density at radius 2 is 1.74 bits per heavy atom. The minimum Gasteiger partial charge on any atom is -0.481 e. The third kappa shape index (κ3) is 5.04. The number of fused-ring (bicyclic) bond motifs is 1. The monoisotopic (exact) mass is 534 g/mol. The molecule has 4 heterocycles. The van der Waals surface area contributed by atoms with E-state index < -0.39 is 7.12 Å². The summed E-state index contributed by atoms with van der Waals surface area (Å²) in [4.78, 5) is 24.6. The number of rotatable bonds is 8. The van der Waals surface area contributed by atoms with Crippen LogP contribution in [0.25, 0.3) is 0 Å². The first-order valence-corrected chi connectivity index (χ1v) is 14.4. The Hall–Kier alpha value is -2.65. The number of ether oxygens (including phenoxy) is 1. The summed E-state index contributed by atoms with van der Waals surface area (Å²) in [5.74, 6) is 2.94. The van der Waals surface area contributed by atoms with Gasteiger partial charge in [0.15, 0.2) is 0 Å². The molecule has 1 saturated carbocycles. The first-order valence-electron chi connectivity index (χ1n) is 14.4. The fraction of sp³-hybridized carbons (Fsp3) is 0.633. The van der Waals surface area contributed by atoms with Crippen LogP contribution in [0.1, 0.15) is 67.2 Å². The molecule has 2 aromatic rings. The molecule has 9 heteroatoms. The molecule has 0 spiro atoms. The van der Waals surface area contributed by atoms with E-state index in [4.69, 9.17) is 19.0 Å². The molecule has 210 valence electrons. The number of hydrogen-bond donors (Lipinski definition) is 1. The number of aromatic nitrogens is 2. The van der Waals surface area contributed by atoms with Gasteiger partial charge in [-0.25, -0.2) is 9.97 Å². The van der Waals surface area contributed by atoms with Crippen LogP contribution >= 0.6 is 0 Å². The van der Waals surface area contributed by atoms with Crippen LogP contribution in [0.2, 0.25) is 0 Å². The number of methoxy groups -OCH3 is 1. The summed E-state index contributed by atoms with van der Waals surface area (Å²) >= 11 is 0. The maximum absolute atomic E-state index is 13.2.